The highest BCUT2D eigenvalue weighted by atomic mass is 16.6. The topological polar surface area (TPSA) is 65.3 Å². The molecule has 0 saturated carbocycles. The van der Waals surface area contributed by atoms with Gasteiger partial charge in [-0.15, -0.1) is 0 Å². The lowest BCUT2D eigenvalue weighted by atomic mass is 10.2. The molecule has 64 valence electrons. The Morgan fingerprint density at radius 2 is 2.33 bits per heavy atom. The van der Waals surface area contributed by atoms with E-state index in [2.05, 4.69) is 4.98 Å². The first kappa shape index (κ1) is 8.45. The van der Waals surface area contributed by atoms with Gasteiger partial charge in [0.2, 0.25) is 0 Å². The smallest absolute Gasteiger partial charge is 0.333 e. The van der Waals surface area contributed by atoms with E-state index in [1.807, 2.05) is 0 Å². The molecule has 12 heavy (non-hydrogen) atoms. The molecule has 1 heterocycles. The molecule has 1 aromatic heterocycles. The van der Waals surface area contributed by atoms with Crippen LogP contribution in [0.3, 0.4) is 0 Å². The van der Waals surface area contributed by atoms with Crippen molar-refractivity contribution in [2.75, 3.05) is 7.11 Å². The Morgan fingerprint density at radius 3 is 2.75 bits per heavy atom. The second-order valence-corrected chi connectivity index (χ2v) is 2.24. The number of ether oxygens (including phenoxy) is 1. The third-order valence-electron chi connectivity index (χ3n) is 1.47. The zero-order valence-electron chi connectivity index (χ0n) is 6.77. The van der Waals surface area contributed by atoms with Gasteiger partial charge in [-0.2, -0.15) is 0 Å². The summed E-state index contributed by atoms with van der Waals surface area (Å²) in [5.41, 5.74) is 0.479. The number of pyridine rings is 1. The van der Waals surface area contributed by atoms with Crippen molar-refractivity contribution in [3.8, 4) is 5.88 Å². The van der Waals surface area contributed by atoms with Gasteiger partial charge in [-0.3, -0.25) is 10.1 Å². The van der Waals surface area contributed by atoms with Gasteiger partial charge in [-0.1, -0.05) is 0 Å². The highest BCUT2D eigenvalue weighted by molar-refractivity contribution is 5.47. The summed E-state index contributed by atoms with van der Waals surface area (Å²) >= 11 is 0. The predicted molar refractivity (Wildman–Crippen MR) is 42.2 cm³/mol. The van der Waals surface area contributed by atoms with Crippen LogP contribution in [0.1, 0.15) is 5.56 Å². The van der Waals surface area contributed by atoms with E-state index in [4.69, 9.17) is 4.74 Å². The first-order valence-electron chi connectivity index (χ1n) is 3.30. The molecular formula is C7H8N2O3. The van der Waals surface area contributed by atoms with E-state index in [1.54, 1.807) is 13.0 Å². The molecule has 1 rings (SSSR count). The Morgan fingerprint density at radius 1 is 1.67 bits per heavy atom. The Balaban J connectivity index is 3.29. The highest BCUT2D eigenvalue weighted by Gasteiger charge is 2.18. The average Bonchev–Trinajstić information content (AvgIpc) is 2.03. The number of hydrogen-bond donors (Lipinski definition) is 0. The SMILES string of the molecule is COc1nccc(C)c1[N+](=O)[O-]. The van der Waals surface area contributed by atoms with Crippen molar-refractivity contribution < 1.29 is 9.66 Å². The first-order chi connectivity index (χ1) is 5.66. The normalized spacial score (nSPS) is 9.50. The fourth-order valence-corrected chi connectivity index (χ4v) is 0.897. The van der Waals surface area contributed by atoms with Crippen molar-refractivity contribution in [1.29, 1.82) is 0 Å². The quantitative estimate of drug-likeness (QED) is 0.493. The monoisotopic (exact) mass is 168 g/mol. The Hall–Kier alpha value is -1.65. The van der Waals surface area contributed by atoms with E-state index in [0.717, 1.165) is 0 Å². The molecule has 0 fully saturated rings. The summed E-state index contributed by atoms with van der Waals surface area (Å²) in [6, 6.07) is 1.57. The number of rotatable bonds is 2. The largest absolute Gasteiger partial charge is 0.476 e. The molecule has 0 aliphatic heterocycles. The fraction of sp³-hybridized carbons (Fsp3) is 0.286. The Labute approximate surface area is 69.1 Å². The van der Waals surface area contributed by atoms with Gasteiger partial charge in [0.15, 0.2) is 0 Å². The van der Waals surface area contributed by atoms with E-state index >= 15 is 0 Å². The lowest BCUT2D eigenvalue weighted by Crippen LogP contribution is -1.97. The van der Waals surface area contributed by atoms with E-state index in [9.17, 15) is 10.1 Å². The summed E-state index contributed by atoms with van der Waals surface area (Å²) in [6.07, 6.45) is 1.47. The van der Waals surface area contributed by atoms with Crippen LogP contribution in [0.25, 0.3) is 0 Å². The van der Waals surface area contributed by atoms with Crippen LogP contribution in [-0.4, -0.2) is 17.0 Å². The van der Waals surface area contributed by atoms with Crippen LogP contribution in [0.4, 0.5) is 5.69 Å². The van der Waals surface area contributed by atoms with Crippen molar-refractivity contribution >= 4 is 5.69 Å². The van der Waals surface area contributed by atoms with Crippen LogP contribution < -0.4 is 4.74 Å². The Kier molecular flexibility index (Phi) is 2.23. The second kappa shape index (κ2) is 3.17. The summed E-state index contributed by atoms with van der Waals surface area (Å²) in [5.74, 6) is 0.0556. The number of hydrogen-bond acceptors (Lipinski definition) is 4. The number of aromatic nitrogens is 1. The molecule has 5 nitrogen and oxygen atoms in total. The minimum atomic E-state index is -0.499. The van der Waals surface area contributed by atoms with Crippen molar-refractivity contribution in [2.45, 2.75) is 6.92 Å². The molecule has 0 aromatic carbocycles. The van der Waals surface area contributed by atoms with E-state index in [1.165, 1.54) is 13.3 Å². The van der Waals surface area contributed by atoms with Crippen molar-refractivity contribution in [3.05, 3.63) is 27.9 Å². The van der Waals surface area contributed by atoms with Gasteiger partial charge in [0.1, 0.15) is 0 Å². The van der Waals surface area contributed by atoms with Crippen LogP contribution in [0, 0.1) is 17.0 Å². The molecule has 0 aliphatic carbocycles. The highest BCUT2D eigenvalue weighted by Crippen LogP contribution is 2.26. The molecule has 0 amide bonds. The van der Waals surface area contributed by atoms with E-state index in [0.29, 0.717) is 5.56 Å². The number of aryl methyl sites for hydroxylation is 1. The lowest BCUT2D eigenvalue weighted by Gasteiger charge is -2.00. The van der Waals surface area contributed by atoms with Crippen LogP contribution in [-0.2, 0) is 0 Å². The molecule has 1 aromatic rings. The predicted octanol–water partition coefficient (Wildman–Crippen LogP) is 1.31. The number of methoxy groups -OCH3 is 1. The van der Waals surface area contributed by atoms with Crippen molar-refractivity contribution in [3.63, 3.8) is 0 Å². The van der Waals surface area contributed by atoms with Crippen molar-refractivity contribution in [1.82, 2.24) is 4.98 Å². The number of nitrogens with zero attached hydrogens (tertiary/aromatic N) is 2. The molecule has 0 unspecified atom stereocenters. The molecule has 0 atom stereocenters. The summed E-state index contributed by atoms with van der Waals surface area (Å²) in [7, 11) is 1.36. The van der Waals surface area contributed by atoms with Gasteiger partial charge in [-0.05, 0) is 13.0 Å². The summed E-state index contributed by atoms with van der Waals surface area (Å²) in [4.78, 5) is 13.7. The number of nitro groups is 1. The van der Waals surface area contributed by atoms with E-state index in [-0.39, 0.29) is 11.6 Å². The maximum Gasteiger partial charge on any atom is 0.333 e. The second-order valence-electron chi connectivity index (χ2n) is 2.24. The zero-order chi connectivity index (χ0) is 9.14. The molecule has 0 radical (unpaired) electrons. The Bertz CT molecular complexity index is 312. The van der Waals surface area contributed by atoms with Gasteiger partial charge in [0, 0.05) is 11.8 Å². The third-order valence-corrected chi connectivity index (χ3v) is 1.47. The van der Waals surface area contributed by atoms with Gasteiger partial charge in [-0.25, -0.2) is 4.98 Å². The van der Waals surface area contributed by atoms with Crippen LogP contribution in [0.15, 0.2) is 12.3 Å². The van der Waals surface area contributed by atoms with Crippen LogP contribution >= 0.6 is 0 Å². The van der Waals surface area contributed by atoms with E-state index < -0.39 is 4.92 Å². The third kappa shape index (κ3) is 1.34. The van der Waals surface area contributed by atoms with Gasteiger partial charge in [0.25, 0.3) is 5.88 Å². The maximum atomic E-state index is 10.5. The molecule has 0 N–H and O–H groups in total. The summed E-state index contributed by atoms with van der Waals surface area (Å²) in [6.45, 7) is 1.64. The molecule has 0 spiro atoms. The minimum Gasteiger partial charge on any atom is -0.476 e. The standard InChI is InChI=1S/C7H8N2O3/c1-5-3-4-8-7(12-2)6(5)9(10)11/h3-4H,1-2H3. The lowest BCUT2D eigenvalue weighted by molar-refractivity contribution is -0.386. The minimum absolute atomic E-state index is 0.0556. The van der Waals surface area contributed by atoms with Gasteiger partial charge < -0.3 is 4.74 Å². The van der Waals surface area contributed by atoms with Crippen molar-refractivity contribution in [2.24, 2.45) is 0 Å². The molecular weight excluding hydrogens is 160 g/mol. The zero-order valence-corrected chi connectivity index (χ0v) is 6.77. The summed E-state index contributed by atoms with van der Waals surface area (Å²) < 4.78 is 4.73. The van der Waals surface area contributed by atoms with Gasteiger partial charge in [0.05, 0.1) is 12.0 Å². The molecule has 0 aliphatic rings. The molecule has 5 heteroatoms. The first-order valence-corrected chi connectivity index (χ1v) is 3.30. The summed E-state index contributed by atoms with van der Waals surface area (Å²) in [5, 5.41) is 10.5. The molecule has 0 saturated heterocycles. The van der Waals surface area contributed by atoms with Gasteiger partial charge >= 0.3 is 5.69 Å². The van der Waals surface area contributed by atoms with Crippen LogP contribution in [0.2, 0.25) is 0 Å². The fourth-order valence-electron chi connectivity index (χ4n) is 0.897. The molecule has 0 bridgehead atoms. The maximum absolute atomic E-state index is 10.5. The average molecular weight is 168 g/mol. The van der Waals surface area contributed by atoms with Crippen LogP contribution in [0.5, 0.6) is 5.88 Å².